The molecule has 0 spiro atoms. The molecule has 140 valence electrons. The van der Waals surface area contributed by atoms with Crippen molar-refractivity contribution in [1.29, 1.82) is 0 Å². The van der Waals surface area contributed by atoms with Gasteiger partial charge in [0.05, 0.1) is 5.75 Å². The van der Waals surface area contributed by atoms with Gasteiger partial charge in [-0.2, -0.15) is 4.31 Å². The molecular formula is C15H21BrN2O6S. The summed E-state index contributed by atoms with van der Waals surface area (Å²) in [5.74, 6) is -3.45. The number of hydrogen-bond donors (Lipinski definition) is 2. The van der Waals surface area contributed by atoms with E-state index >= 15 is 0 Å². The number of aliphatic carboxylic acids is 2. The third-order valence-corrected chi connectivity index (χ3v) is 6.00. The van der Waals surface area contributed by atoms with Crippen LogP contribution in [0, 0.1) is 0 Å². The second-order valence-corrected chi connectivity index (χ2v) is 8.49. The average molecular weight is 437 g/mol. The topological polar surface area (TPSA) is 115 Å². The van der Waals surface area contributed by atoms with E-state index in [1.165, 1.54) is 5.56 Å². The van der Waals surface area contributed by atoms with E-state index in [2.05, 4.69) is 33.0 Å². The van der Waals surface area contributed by atoms with Gasteiger partial charge in [0.1, 0.15) is 0 Å². The smallest absolute Gasteiger partial charge is 0.414 e. The van der Waals surface area contributed by atoms with Gasteiger partial charge < -0.3 is 10.2 Å². The minimum absolute atomic E-state index is 0.194. The Bertz CT molecular complexity index is 672. The molecule has 2 N–H and O–H groups in total. The number of rotatable bonds is 4. The monoisotopic (exact) mass is 436 g/mol. The summed E-state index contributed by atoms with van der Waals surface area (Å²) in [5.41, 5.74) is 1.26. The van der Waals surface area contributed by atoms with Crippen molar-refractivity contribution in [2.24, 2.45) is 0 Å². The summed E-state index contributed by atoms with van der Waals surface area (Å²) in [6, 6.07) is 8.26. The number of nitrogens with zero attached hydrogens (tertiary/aromatic N) is 2. The summed E-state index contributed by atoms with van der Waals surface area (Å²) in [7, 11) is -3.02. The maximum atomic E-state index is 11.8. The molecule has 1 aromatic carbocycles. The first-order chi connectivity index (χ1) is 11.7. The van der Waals surface area contributed by atoms with Gasteiger partial charge in [-0.1, -0.05) is 28.1 Å². The Labute approximate surface area is 155 Å². The lowest BCUT2D eigenvalue weighted by atomic mass is 10.2. The van der Waals surface area contributed by atoms with Gasteiger partial charge in [-0.15, -0.1) is 0 Å². The van der Waals surface area contributed by atoms with E-state index in [9.17, 15) is 8.42 Å². The van der Waals surface area contributed by atoms with Gasteiger partial charge >= 0.3 is 11.9 Å². The number of carboxylic acid groups (broad SMARTS) is 2. The fourth-order valence-corrected chi connectivity index (χ4v) is 3.55. The summed E-state index contributed by atoms with van der Waals surface area (Å²) < 4.78 is 26.2. The van der Waals surface area contributed by atoms with Crippen molar-refractivity contribution in [3.05, 3.63) is 34.3 Å². The molecule has 0 aromatic heterocycles. The maximum Gasteiger partial charge on any atom is 0.414 e. The Morgan fingerprint density at radius 3 is 1.92 bits per heavy atom. The van der Waals surface area contributed by atoms with Gasteiger partial charge in [-0.3, -0.25) is 4.90 Å². The van der Waals surface area contributed by atoms with Crippen LogP contribution in [-0.4, -0.2) is 71.7 Å². The van der Waals surface area contributed by atoms with E-state index < -0.39 is 22.0 Å². The number of benzene rings is 1. The van der Waals surface area contributed by atoms with E-state index in [-0.39, 0.29) is 5.75 Å². The van der Waals surface area contributed by atoms with Crippen LogP contribution < -0.4 is 0 Å². The van der Waals surface area contributed by atoms with Gasteiger partial charge in [0.15, 0.2) is 0 Å². The second kappa shape index (κ2) is 9.85. The Hall–Kier alpha value is -1.49. The van der Waals surface area contributed by atoms with Crippen molar-refractivity contribution >= 4 is 37.9 Å². The normalized spacial score (nSPS) is 15.9. The SMILES string of the molecule is CCS(=O)(=O)N1CCN(Cc2ccc(Br)cc2)CC1.O=C(O)C(=O)O. The lowest BCUT2D eigenvalue weighted by Gasteiger charge is -2.33. The van der Waals surface area contributed by atoms with Crippen LogP contribution in [0.2, 0.25) is 0 Å². The van der Waals surface area contributed by atoms with Crippen molar-refractivity contribution < 1.29 is 28.2 Å². The van der Waals surface area contributed by atoms with Crippen LogP contribution >= 0.6 is 15.9 Å². The van der Waals surface area contributed by atoms with Crippen LogP contribution in [-0.2, 0) is 26.2 Å². The zero-order valence-corrected chi connectivity index (χ0v) is 16.2. The van der Waals surface area contributed by atoms with Crippen LogP contribution in [0.4, 0.5) is 0 Å². The minimum Gasteiger partial charge on any atom is -0.473 e. The van der Waals surface area contributed by atoms with E-state index in [0.29, 0.717) is 13.1 Å². The lowest BCUT2D eigenvalue weighted by Crippen LogP contribution is -2.48. The summed E-state index contributed by atoms with van der Waals surface area (Å²) in [6.45, 7) is 5.39. The summed E-state index contributed by atoms with van der Waals surface area (Å²) in [5, 5.41) is 14.8. The second-order valence-electron chi connectivity index (χ2n) is 5.31. The molecule has 0 unspecified atom stereocenters. The molecule has 0 atom stereocenters. The molecule has 1 aliphatic heterocycles. The first-order valence-electron chi connectivity index (χ1n) is 7.56. The Morgan fingerprint density at radius 1 is 1.04 bits per heavy atom. The number of piperazine rings is 1. The summed E-state index contributed by atoms with van der Waals surface area (Å²) >= 11 is 3.42. The zero-order chi connectivity index (χ0) is 19.0. The first kappa shape index (κ1) is 21.6. The maximum absolute atomic E-state index is 11.8. The standard InChI is InChI=1S/C13H19BrN2O2S.C2H2O4/c1-2-19(17,18)16-9-7-15(8-10-16)11-12-3-5-13(14)6-4-12;3-1(4)2(5)6/h3-6H,2,7-11H2,1H3;(H,3,4)(H,5,6). The van der Waals surface area contributed by atoms with E-state index in [1.54, 1.807) is 11.2 Å². The molecular weight excluding hydrogens is 416 g/mol. The van der Waals surface area contributed by atoms with E-state index in [0.717, 1.165) is 24.1 Å². The Morgan fingerprint density at radius 2 is 1.52 bits per heavy atom. The van der Waals surface area contributed by atoms with Crippen molar-refractivity contribution in [3.8, 4) is 0 Å². The zero-order valence-electron chi connectivity index (χ0n) is 13.8. The first-order valence-corrected chi connectivity index (χ1v) is 9.96. The number of halogens is 1. The fourth-order valence-electron chi connectivity index (χ4n) is 2.20. The molecule has 1 aromatic rings. The third kappa shape index (κ3) is 7.51. The van der Waals surface area contributed by atoms with Gasteiger partial charge in [-0.25, -0.2) is 18.0 Å². The fraction of sp³-hybridized carbons (Fsp3) is 0.467. The van der Waals surface area contributed by atoms with Crippen LogP contribution in [0.1, 0.15) is 12.5 Å². The molecule has 2 rings (SSSR count). The molecule has 1 heterocycles. The molecule has 0 amide bonds. The molecule has 1 fully saturated rings. The largest absolute Gasteiger partial charge is 0.473 e. The highest BCUT2D eigenvalue weighted by atomic mass is 79.9. The highest BCUT2D eigenvalue weighted by Crippen LogP contribution is 2.14. The van der Waals surface area contributed by atoms with E-state index in [1.807, 2.05) is 12.1 Å². The highest BCUT2D eigenvalue weighted by molar-refractivity contribution is 9.10. The molecule has 1 aliphatic rings. The summed E-state index contributed by atoms with van der Waals surface area (Å²) in [6.07, 6.45) is 0. The van der Waals surface area contributed by atoms with Gasteiger partial charge in [0, 0.05) is 37.2 Å². The Balaban J connectivity index is 0.000000450. The molecule has 0 radical (unpaired) electrons. The predicted octanol–water partition coefficient (Wildman–Crippen LogP) is 1.07. The number of sulfonamides is 1. The number of carboxylic acids is 2. The molecule has 8 nitrogen and oxygen atoms in total. The average Bonchev–Trinajstić information content (AvgIpc) is 2.58. The number of carbonyl (C=O) groups is 2. The highest BCUT2D eigenvalue weighted by Gasteiger charge is 2.25. The lowest BCUT2D eigenvalue weighted by molar-refractivity contribution is -0.159. The third-order valence-electron chi connectivity index (χ3n) is 3.59. The van der Waals surface area contributed by atoms with Gasteiger partial charge in [0.25, 0.3) is 0 Å². The predicted molar refractivity (Wildman–Crippen MR) is 95.7 cm³/mol. The van der Waals surface area contributed by atoms with E-state index in [4.69, 9.17) is 19.8 Å². The Kier molecular flexibility index (Phi) is 8.50. The van der Waals surface area contributed by atoms with Gasteiger partial charge in [-0.05, 0) is 24.6 Å². The van der Waals surface area contributed by atoms with Crippen LogP contribution in [0.3, 0.4) is 0 Å². The van der Waals surface area contributed by atoms with Crippen molar-refractivity contribution in [2.45, 2.75) is 13.5 Å². The minimum atomic E-state index is -3.02. The van der Waals surface area contributed by atoms with Crippen molar-refractivity contribution in [3.63, 3.8) is 0 Å². The van der Waals surface area contributed by atoms with Crippen LogP contribution in [0.15, 0.2) is 28.7 Å². The van der Waals surface area contributed by atoms with Gasteiger partial charge in [0.2, 0.25) is 10.0 Å². The van der Waals surface area contributed by atoms with Crippen molar-refractivity contribution in [2.75, 3.05) is 31.9 Å². The van der Waals surface area contributed by atoms with Crippen molar-refractivity contribution in [1.82, 2.24) is 9.21 Å². The summed E-state index contributed by atoms with van der Waals surface area (Å²) in [4.78, 5) is 20.5. The van der Waals surface area contributed by atoms with Crippen LogP contribution in [0.5, 0.6) is 0 Å². The molecule has 0 aliphatic carbocycles. The van der Waals surface area contributed by atoms with Crippen LogP contribution in [0.25, 0.3) is 0 Å². The molecule has 25 heavy (non-hydrogen) atoms. The quantitative estimate of drug-likeness (QED) is 0.678. The molecule has 1 saturated heterocycles. The molecule has 0 bridgehead atoms. The molecule has 0 saturated carbocycles. The number of hydrogen-bond acceptors (Lipinski definition) is 5. The molecule has 10 heteroatoms.